The van der Waals surface area contributed by atoms with E-state index in [0.29, 0.717) is 5.89 Å². The lowest BCUT2D eigenvalue weighted by molar-refractivity contribution is 0.561. The van der Waals surface area contributed by atoms with Gasteiger partial charge in [-0.05, 0) is 18.2 Å². The van der Waals surface area contributed by atoms with E-state index in [0.717, 1.165) is 16.7 Å². The standard InChI is InChI=1S/C12H8N2O/c1-9-14-11-8-10(4-2-3-7-13)5-6-12(11)15-9/h5-6,8H,3H2,1H3. The van der Waals surface area contributed by atoms with E-state index < -0.39 is 0 Å². The zero-order chi connectivity index (χ0) is 10.7. The van der Waals surface area contributed by atoms with Crippen molar-refractivity contribution in [2.24, 2.45) is 0 Å². The van der Waals surface area contributed by atoms with Crippen LogP contribution in [0, 0.1) is 30.1 Å². The summed E-state index contributed by atoms with van der Waals surface area (Å²) in [5.41, 5.74) is 2.42. The molecular formula is C12H8N2O. The van der Waals surface area contributed by atoms with Gasteiger partial charge in [0, 0.05) is 12.5 Å². The van der Waals surface area contributed by atoms with Crippen LogP contribution in [0.4, 0.5) is 0 Å². The first kappa shape index (κ1) is 9.30. The predicted octanol–water partition coefficient (Wildman–Crippen LogP) is 2.40. The molecule has 2 rings (SSSR count). The molecule has 0 radical (unpaired) electrons. The quantitative estimate of drug-likeness (QED) is 0.608. The number of nitrogens with zero attached hydrogens (tertiary/aromatic N) is 2. The van der Waals surface area contributed by atoms with Crippen molar-refractivity contribution in [3.05, 3.63) is 29.7 Å². The number of aromatic nitrogens is 1. The predicted molar refractivity (Wildman–Crippen MR) is 55.9 cm³/mol. The molecular weight excluding hydrogens is 188 g/mol. The molecule has 15 heavy (non-hydrogen) atoms. The summed E-state index contributed by atoms with van der Waals surface area (Å²) < 4.78 is 5.34. The first-order valence-electron chi connectivity index (χ1n) is 4.52. The van der Waals surface area contributed by atoms with Gasteiger partial charge in [0.25, 0.3) is 0 Å². The fraction of sp³-hybridized carbons (Fsp3) is 0.167. The number of fused-ring (bicyclic) bond motifs is 1. The molecule has 3 nitrogen and oxygen atoms in total. The van der Waals surface area contributed by atoms with Crippen molar-refractivity contribution in [3.8, 4) is 17.9 Å². The van der Waals surface area contributed by atoms with Crippen LogP contribution < -0.4 is 0 Å². The van der Waals surface area contributed by atoms with Crippen LogP contribution in [0.5, 0.6) is 0 Å². The highest BCUT2D eigenvalue weighted by Crippen LogP contribution is 2.16. The Balaban J connectivity index is 2.40. The zero-order valence-corrected chi connectivity index (χ0v) is 8.24. The summed E-state index contributed by atoms with van der Waals surface area (Å²) in [6, 6.07) is 7.53. The molecule has 0 saturated carbocycles. The second kappa shape index (κ2) is 3.86. The van der Waals surface area contributed by atoms with Gasteiger partial charge in [-0.2, -0.15) is 5.26 Å². The average molecular weight is 196 g/mol. The Kier molecular flexibility index (Phi) is 2.39. The molecule has 0 amide bonds. The van der Waals surface area contributed by atoms with Crippen LogP contribution in [-0.4, -0.2) is 4.98 Å². The number of oxazole rings is 1. The normalized spacial score (nSPS) is 9.33. The van der Waals surface area contributed by atoms with Crippen molar-refractivity contribution >= 4 is 11.1 Å². The van der Waals surface area contributed by atoms with Gasteiger partial charge in [-0.15, -0.1) is 0 Å². The number of benzene rings is 1. The lowest BCUT2D eigenvalue weighted by Gasteiger charge is -1.88. The molecule has 0 unspecified atom stereocenters. The molecule has 0 aliphatic rings. The van der Waals surface area contributed by atoms with Crippen LogP contribution in [0.15, 0.2) is 22.6 Å². The van der Waals surface area contributed by atoms with Crippen LogP contribution in [0.25, 0.3) is 11.1 Å². The Hall–Kier alpha value is -2.26. The summed E-state index contributed by atoms with van der Waals surface area (Å²) in [6.45, 7) is 1.81. The molecule has 2 aromatic rings. The fourth-order valence-corrected chi connectivity index (χ4v) is 1.31. The molecule has 3 heteroatoms. The van der Waals surface area contributed by atoms with E-state index in [-0.39, 0.29) is 6.42 Å². The van der Waals surface area contributed by atoms with E-state index in [1.807, 2.05) is 24.3 Å². The Morgan fingerprint density at radius 2 is 2.33 bits per heavy atom. The minimum Gasteiger partial charge on any atom is -0.441 e. The molecule has 0 N–H and O–H groups in total. The Morgan fingerprint density at radius 3 is 3.13 bits per heavy atom. The Labute approximate surface area is 87.3 Å². The molecule has 0 aliphatic heterocycles. The Bertz CT molecular complexity index is 593. The molecule has 0 atom stereocenters. The number of aryl methyl sites for hydroxylation is 1. The van der Waals surface area contributed by atoms with E-state index in [1.165, 1.54) is 0 Å². The van der Waals surface area contributed by atoms with Gasteiger partial charge in [0.15, 0.2) is 11.5 Å². The topological polar surface area (TPSA) is 49.8 Å². The van der Waals surface area contributed by atoms with Gasteiger partial charge in [0.1, 0.15) is 5.52 Å². The Morgan fingerprint density at radius 1 is 1.47 bits per heavy atom. The van der Waals surface area contributed by atoms with Crippen molar-refractivity contribution < 1.29 is 4.42 Å². The largest absolute Gasteiger partial charge is 0.441 e. The van der Waals surface area contributed by atoms with Crippen LogP contribution in [0.3, 0.4) is 0 Å². The monoisotopic (exact) mass is 196 g/mol. The van der Waals surface area contributed by atoms with Crippen LogP contribution >= 0.6 is 0 Å². The third-order valence-corrected chi connectivity index (χ3v) is 1.89. The molecule has 1 heterocycles. The van der Waals surface area contributed by atoms with E-state index in [2.05, 4.69) is 16.8 Å². The minimum atomic E-state index is 0.246. The lowest BCUT2D eigenvalue weighted by atomic mass is 10.2. The highest BCUT2D eigenvalue weighted by atomic mass is 16.3. The summed E-state index contributed by atoms with van der Waals surface area (Å²) in [5.74, 6) is 6.29. The van der Waals surface area contributed by atoms with Gasteiger partial charge in [0.2, 0.25) is 0 Å². The van der Waals surface area contributed by atoms with Crippen molar-refractivity contribution in [1.82, 2.24) is 4.98 Å². The molecule has 0 saturated heterocycles. The first-order chi connectivity index (χ1) is 7.29. The summed E-state index contributed by atoms with van der Waals surface area (Å²) in [4.78, 5) is 4.20. The van der Waals surface area contributed by atoms with Crippen LogP contribution in [0.1, 0.15) is 17.9 Å². The van der Waals surface area contributed by atoms with Crippen molar-refractivity contribution in [3.63, 3.8) is 0 Å². The van der Waals surface area contributed by atoms with Crippen LogP contribution in [0.2, 0.25) is 0 Å². The van der Waals surface area contributed by atoms with Crippen molar-refractivity contribution in [2.75, 3.05) is 0 Å². The van der Waals surface area contributed by atoms with E-state index >= 15 is 0 Å². The fourth-order valence-electron chi connectivity index (χ4n) is 1.31. The third kappa shape index (κ3) is 1.98. The van der Waals surface area contributed by atoms with E-state index in [9.17, 15) is 0 Å². The molecule has 0 aliphatic carbocycles. The van der Waals surface area contributed by atoms with E-state index in [1.54, 1.807) is 6.92 Å². The maximum atomic E-state index is 8.34. The first-order valence-corrected chi connectivity index (χ1v) is 4.52. The summed E-state index contributed by atoms with van der Waals surface area (Å²) in [6.07, 6.45) is 0.246. The lowest BCUT2D eigenvalue weighted by Crippen LogP contribution is -1.74. The van der Waals surface area contributed by atoms with Gasteiger partial charge in [-0.25, -0.2) is 4.98 Å². The zero-order valence-electron chi connectivity index (χ0n) is 8.24. The van der Waals surface area contributed by atoms with Gasteiger partial charge < -0.3 is 4.42 Å². The number of hydrogen-bond acceptors (Lipinski definition) is 3. The van der Waals surface area contributed by atoms with Gasteiger partial charge >= 0.3 is 0 Å². The third-order valence-electron chi connectivity index (χ3n) is 1.89. The second-order valence-corrected chi connectivity index (χ2v) is 3.05. The molecule has 72 valence electrons. The summed E-state index contributed by atoms with van der Waals surface area (Å²) in [5, 5.41) is 8.34. The summed E-state index contributed by atoms with van der Waals surface area (Å²) in [7, 11) is 0. The SMILES string of the molecule is Cc1nc2cc(C#CCC#N)ccc2o1. The number of nitriles is 1. The number of rotatable bonds is 0. The van der Waals surface area contributed by atoms with Crippen molar-refractivity contribution in [1.29, 1.82) is 5.26 Å². The maximum absolute atomic E-state index is 8.34. The molecule has 0 bridgehead atoms. The summed E-state index contributed by atoms with van der Waals surface area (Å²) >= 11 is 0. The highest BCUT2D eigenvalue weighted by Gasteiger charge is 2.01. The molecule has 1 aromatic carbocycles. The second-order valence-electron chi connectivity index (χ2n) is 3.05. The van der Waals surface area contributed by atoms with Gasteiger partial charge in [-0.1, -0.05) is 11.8 Å². The number of hydrogen-bond donors (Lipinski definition) is 0. The molecule has 0 fully saturated rings. The van der Waals surface area contributed by atoms with Gasteiger partial charge in [-0.3, -0.25) is 0 Å². The van der Waals surface area contributed by atoms with Crippen LogP contribution in [-0.2, 0) is 0 Å². The molecule has 0 spiro atoms. The van der Waals surface area contributed by atoms with Crippen molar-refractivity contribution in [2.45, 2.75) is 13.3 Å². The molecule has 1 aromatic heterocycles. The van der Waals surface area contributed by atoms with Gasteiger partial charge in [0.05, 0.1) is 12.5 Å². The smallest absolute Gasteiger partial charge is 0.192 e. The van der Waals surface area contributed by atoms with E-state index in [4.69, 9.17) is 9.68 Å². The minimum absolute atomic E-state index is 0.246. The average Bonchev–Trinajstić information content (AvgIpc) is 2.57. The highest BCUT2D eigenvalue weighted by molar-refractivity contribution is 5.74. The maximum Gasteiger partial charge on any atom is 0.192 e.